The van der Waals surface area contributed by atoms with E-state index in [1.54, 1.807) is 0 Å². The summed E-state index contributed by atoms with van der Waals surface area (Å²) in [7, 11) is 1.19. The molecule has 0 aliphatic rings. The maximum Gasteiger partial charge on any atom is 0.408 e. The first-order chi connectivity index (χ1) is 4.57. The van der Waals surface area contributed by atoms with E-state index < -0.39 is 11.6 Å². The van der Waals surface area contributed by atoms with Crippen LogP contribution in [0.15, 0.2) is 0 Å². The van der Waals surface area contributed by atoms with Crippen molar-refractivity contribution in [3.63, 3.8) is 0 Å². The van der Waals surface area contributed by atoms with Gasteiger partial charge in [-0.2, -0.15) is 0 Å². The van der Waals surface area contributed by atoms with E-state index in [1.807, 2.05) is 0 Å². The van der Waals surface area contributed by atoms with Crippen LogP contribution in [-0.2, 0) is 9.53 Å². The minimum atomic E-state index is -0.993. The third-order valence-corrected chi connectivity index (χ3v) is 1.20. The number of Topliss-reactive ketones (excluding diaryl/α,β-unsaturated/α-hetero) is 1. The number of rotatable bonds is 2. The molecule has 1 N–H and O–H groups in total. The standard InChI is InChI=1S/C5H8ClNO3/c1-3(8)4(6)7-5(9)10-2/h4H,1-2H3,(H,7,9). The van der Waals surface area contributed by atoms with E-state index in [9.17, 15) is 9.59 Å². The average molecular weight is 166 g/mol. The topological polar surface area (TPSA) is 55.4 Å². The minimum Gasteiger partial charge on any atom is -0.453 e. The molecular weight excluding hydrogens is 158 g/mol. The lowest BCUT2D eigenvalue weighted by atomic mass is 10.4. The Morgan fingerprint density at radius 2 is 2.10 bits per heavy atom. The normalized spacial score (nSPS) is 11.9. The van der Waals surface area contributed by atoms with E-state index >= 15 is 0 Å². The third kappa shape index (κ3) is 3.29. The molecule has 10 heavy (non-hydrogen) atoms. The Bertz CT molecular complexity index is 148. The second-order valence-corrected chi connectivity index (χ2v) is 2.05. The Hall–Kier alpha value is -0.770. The zero-order valence-electron chi connectivity index (χ0n) is 5.68. The van der Waals surface area contributed by atoms with Crippen molar-refractivity contribution in [3.8, 4) is 0 Å². The van der Waals surface area contributed by atoms with E-state index in [4.69, 9.17) is 11.6 Å². The second-order valence-electron chi connectivity index (χ2n) is 1.61. The summed E-state index contributed by atoms with van der Waals surface area (Å²) in [5.41, 5.74) is -0.993. The molecule has 0 aromatic carbocycles. The molecule has 0 fully saturated rings. The lowest BCUT2D eigenvalue weighted by Gasteiger charge is -2.05. The van der Waals surface area contributed by atoms with Gasteiger partial charge < -0.3 is 4.74 Å². The smallest absolute Gasteiger partial charge is 0.408 e. The molecule has 0 bridgehead atoms. The van der Waals surface area contributed by atoms with Gasteiger partial charge in [-0.3, -0.25) is 10.1 Å². The summed E-state index contributed by atoms with van der Waals surface area (Å²) in [4.78, 5) is 20.7. The molecule has 0 rings (SSSR count). The van der Waals surface area contributed by atoms with E-state index in [2.05, 4.69) is 10.1 Å². The van der Waals surface area contributed by atoms with Gasteiger partial charge >= 0.3 is 6.09 Å². The lowest BCUT2D eigenvalue weighted by molar-refractivity contribution is -0.117. The van der Waals surface area contributed by atoms with Crippen molar-refractivity contribution in [1.29, 1.82) is 0 Å². The van der Waals surface area contributed by atoms with Crippen LogP contribution >= 0.6 is 11.6 Å². The summed E-state index contributed by atoms with van der Waals surface area (Å²) in [5.74, 6) is -0.327. The van der Waals surface area contributed by atoms with Gasteiger partial charge in [0.25, 0.3) is 0 Å². The Labute approximate surface area is 63.5 Å². The van der Waals surface area contributed by atoms with Gasteiger partial charge in [-0.15, -0.1) is 0 Å². The molecule has 0 radical (unpaired) electrons. The number of alkyl halides is 1. The number of amides is 1. The molecule has 4 nitrogen and oxygen atoms in total. The SMILES string of the molecule is COC(=O)NC(Cl)C(C)=O. The number of hydrogen-bond acceptors (Lipinski definition) is 3. The van der Waals surface area contributed by atoms with Gasteiger partial charge in [0.2, 0.25) is 0 Å². The van der Waals surface area contributed by atoms with E-state index in [-0.39, 0.29) is 5.78 Å². The fraction of sp³-hybridized carbons (Fsp3) is 0.600. The molecule has 0 aliphatic carbocycles. The van der Waals surface area contributed by atoms with Crippen LogP contribution in [0.4, 0.5) is 4.79 Å². The van der Waals surface area contributed by atoms with Crippen LogP contribution in [0, 0.1) is 0 Å². The lowest BCUT2D eigenvalue weighted by Crippen LogP contribution is -2.35. The molecule has 1 unspecified atom stereocenters. The fourth-order valence-corrected chi connectivity index (χ4v) is 0.353. The first-order valence-electron chi connectivity index (χ1n) is 2.57. The van der Waals surface area contributed by atoms with E-state index in [1.165, 1.54) is 14.0 Å². The number of carbonyl (C=O) groups is 2. The predicted molar refractivity (Wildman–Crippen MR) is 35.9 cm³/mol. The van der Waals surface area contributed by atoms with Crippen LogP contribution in [0.1, 0.15) is 6.92 Å². The number of methoxy groups -OCH3 is 1. The van der Waals surface area contributed by atoms with Crippen molar-refractivity contribution in [2.24, 2.45) is 0 Å². The summed E-state index contributed by atoms with van der Waals surface area (Å²) < 4.78 is 4.18. The van der Waals surface area contributed by atoms with Crippen LogP contribution in [0.3, 0.4) is 0 Å². The molecule has 58 valence electrons. The summed E-state index contributed by atoms with van der Waals surface area (Å²) in [6.07, 6.45) is -0.713. The summed E-state index contributed by atoms with van der Waals surface area (Å²) in [5, 5.41) is 2.08. The third-order valence-electron chi connectivity index (χ3n) is 0.787. The van der Waals surface area contributed by atoms with Gasteiger partial charge in [0.1, 0.15) is 0 Å². The van der Waals surface area contributed by atoms with Gasteiger partial charge in [-0.1, -0.05) is 11.6 Å². The highest BCUT2D eigenvalue weighted by molar-refractivity contribution is 6.31. The highest BCUT2D eigenvalue weighted by Crippen LogP contribution is 1.91. The summed E-state index contributed by atoms with van der Waals surface area (Å²) in [6, 6.07) is 0. The van der Waals surface area contributed by atoms with Gasteiger partial charge in [0.15, 0.2) is 11.3 Å². The van der Waals surface area contributed by atoms with Crippen molar-refractivity contribution in [1.82, 2.24) is 5.32 Å². The average Bonchev–Trinajstić information content (AvgIpc) is 1.87. The van der Waals surface area contributed by atoms with Crippen LogP contribution < -0.4 is 5.32 Å². The van der Waals surface area contributed by atoms with Crippen molar-refractivity contribution in [3.05, 3.63) is 0 Å². The molecule has 0 aliphatic heterocycles. The Morgan fingerprint density at radius 1 is 1.60 bits per heavy atom. The molecule has 1 amide bonds. The van der Waals surface area contributed by atoms with Crippen LogP contribution in [0.2, 0.25) is 0 Å². The molecule has 5 heteroatoms. The van der Waals surface area contributed by atoms with Crippen molar-refractivity contribution < 1.29 is 14.3 Å². The second kappa shape index (κ2) is 4.11. The molecule has 1 atom stereocenters. The molecule has 0 saturated carbocycles. The number of hydrogen-bond donors (Lipinski definition) is 1. The highest BCUT2D eigenvalue weighted by atomic mass is 35.5. The Kier molecular flexibility index (Phi) is 3.79. The number of ketones is 1. The zero-order chi connectivity index (χ0) is 8.15. The molecule has 0 aromatic heterocycles. The molecule has 0 spiro atoms. The zero-order valence-corrected chi connectivity index (χ0v) is 6.44. The van der Waals surface area contributed by atoms with E-state index in [0.29, 0.717) is 0 Å². The number of halogens is 1. The number of ether oxygens (including phenoxy) is 1. The minimum absolute atomic E-state index is 0.327. The van der Waals surface area contributed by atoms with E-state index in [0.717, 1.165) is 0 Å². The highest BCUT2D eigenvalue weighted by Gasteiger charge is 2.12. The van der Waals surface area contributed by atoms with Crippen molar-refractivity contribution in [2.75, 3.05) is 7.11 Å². The quantitative estimate of drug-likeness (QED) is 0.479. The monoisotopic (exact) mass is 165 g/mol. The number of alkyl carbamates (subject to hydrolysis) is 1. The Morgan fingerprint density at radius 3 is 2.40 bits per heavy atom. The van der Waals surface area contributed by atoms with Crippen LogP contribution in [-0.4, -0.2) is 24.5 Å². The van der Waals surface area contributed by atoms with Crippen LogP contribution in [0.5, 0.6) is 0 Å². The van der Waals surface area contributed by atoms with Crippen LogP contribution in [0.25, 0.3) is 0 Å². The molecule has 0 aromatic rings. The summed E-state index contributed by atoms with van der Waals surface area (Å²) >= 11 is 5.33. The molecule has 0 saturated heterocycles. The predicted octanol–water partition coefficient (Wildman–Crippen LogP) is 0.496. The van der Waals surface area contributed by atoms with Gasteiger partial charge in [-0.25, -0.2) is 4.79 Å². The van der Waals surface area contributed by atoms with Crippen molar-refractivity contribution >= 4 is 23.5 Å². The summed E-state index contributed by atoms with van der Waals surface area (Å²) in [6.45, 7) is 1.27. The van der Waals surface area contributed by atoms with Gasteiger partial charge in [0, 0.05) is 0 Å². The van der Waals surface area contributed by atoms with Crippen molar-refractivity contribution in [2.45, 2.75) is 12.4 Å². The maximum absolute atomic E-state index is 10.4. The number of carbonyl (C=O) groups excluding carboxylic acids is 2. The molecular formula is C5H8ClNO3. The Balaban J connectivity index is 3.68. The first-order valence-corrected chi connectivity index (χ1v) is 3.00. The van der Waals surface area contributed by atoms with Gasteiger partial charge in [0.05, 0.1) is 7.11 Å². The maximum atomic E-state index is 10.4. The fourth-order valence-electron chi connectivity index (χ4n) is 0.264. The van der Waals surface area contributed by atoms with Gasteiger partial charge in [-0.05, 0) is 6.92 Å². The largest absolute Gasteiger partial charge is 0.453 e. The first kappa shape index (κ1) is 9.23. The number of nitrogens with one attached hydrogen (secondary N) is 1. The molecule has 0 heterocycles.